The Hall–Kier alpha value is -1.11. The predicted molar refractivity (Wildman–Crippen MR) is 90.7 cm³/mol. The Balaban J connectivity index is 0.00000242. The molecule has 7 heteroatoms. The molecule has 2 rings (SSSR count). The number of hydrogen-bond donors (Lipinski definition) is 2. The van der Waals surface area contributed by atoms with Crippen molar-refractivity contribution in [1.82, 2.24) is 25.3 Å². The molecule has 1 aromatic rings. The van der Waals surface area contributed by atoms with E-state index in [-0.39, 0.29) is 23.9 Å². The lowest BCUT2D eigenvalue weighted by atomic mass is 10.1. The summed E-state index contributed by atoms with van der Waals surface area (Å²) in [5.74, 6) is -0.0363. The van der Waals surface area contributed by atoms with Gasteiger partial charge in [0.2, 0.25) is 0 Å². The number of halogens is 1. The molecule has 1 saturated heterocycles. The van der Waals surface area contributed by atoms with Crippen molar-refractivity contribution < 1.29 is 4.79 Å². The first-order chi connectivity index (χ1) is 9.97. The molecule has 0 spiro atoms. The molecule has 126 valence electrons. The quantitative estimate of drug-likeness (QED) is 0.794. The van der Waals surface area contributed by atoms with E-state index in [0.29, 0.717) is 12.1 Å². The lowest BCUT2D eigenvalue weighted by Gasteiger charge is -2.27. The fourth-order valence-electron chi connectivity index (χ4n) is 2.35. The average Bonchev–Trinajstić information content (AvgIpc) is 2.94. The van der Waals surface area contributed by atoms with Crippen LogP contribution in [0.3, 0.4) is 0 Å². The van der Waals surface area contributed by atoms with E-state index in [0.717, 1.165) is 39.1 Å². The van der Waals surface area contributed by atoms with E-state index in [1.807, 2.05) is 10.9 Å². The number of rotatable bonds is 5. The monoisotopic (exact) mass is 329 g/mol. The first kappa shape index (κ1) is 18.9. The third-order valence-corrected chi connectivity index (χ3v) is 3.68. The van der Waals surface area contributed by atoms with E-state index < -0.39 is 0 Å². The lowest BCUT2D eigenvalue weighted by molar-refractivity contribution is 0.0951. The Labute approximate surface area is 139 Å². The molecule has 2 heterocycles. The van der Waals surface area contributed by atoms with Crippen LogP contribution in [0.25, 0.3) is 0 Å². The first-order valence-electron chi connectivity index (χ1n) is 7.73. The fourth-order valence-corrected chi connectivity index (χ4v) is 2.35. The van der Waals surface area contributed by atoms with Crippen molar-refractivity contribution in [2.45, 2.75) is 32.7 Å². The summed E-state index contributed by atoms with van der Waals surface area (Å²) >= 11 is 0. The summed E-state index contributed by atoms with van der Waals surface area (Å²) in [6.45, 7) is 12.3. The Morgan fingerprint density at radius 3 is 2.64 bits per heavy atom. The number of nitrogens with one attached hydrogen (secondary N) is 2. The molecule has 22 heavy (non-hydrogen) atoms. The second-order valence-corrected chi connectivity index (χ2v) is 6.55. The number of hydrogen-bond acceptors (Lipinski definition) is 4. The number of piperazine rings is 1. The van der Waals surface area contributed by atoms with Crippen molar-refractivity contribution in [2.24, 2.45) is 0 Å². The molecule has 2 N–H and O–H groups in total. The van der Waals surface area contributed by atoms with E-state index in [1.165, 1.54) is 0 Å². The molecule has 1 aliphatic heterocycles. The number of aromatic nitrogens is 2. The van der Waals surface area contributed by atoms with Crippen LogP contribution < -0.4 is 10.6 Å². The molecule has 0 radical (unpaired) electrons. The fraction of sp³-hybridized carbons (Fsp3) is 0.733. The lowest BCUT2D eigenvalue weighted by Crippen LogP contribution is -2.44. The molecule has 0 saturated carbocycles. The van der Waals surface area contributed by atoms with Gasteiger partial charge in [-0.1, -0.05) is 0 Å². The zero-order chi connectivity index (χ0) is 15.3. The van der Waals surface area contributed by atoms with Crippen molar-refractivity contribution in [3.8, 4) is 0 Å². The Morgan fingerprint density at radius 2 is 2.05 bits per heavy atom. The van der Waals surface area contributed by atoms with E-state index in [9.17, 15) is 4.79 Å². The topological polar surface area (TPSA) is 62.2 Å². The smallest absolute Gasteiger partial charge is 0.254 e. The normalized spacial score (nSPS) is 16.1. The van der Waals surface area contributed by atoms with Crippen LogP contribution in [0.4, 0.5) is 0 Å². The van der Waals surface area contributed by atoms with E-state index >= 15 is 0 Å². The Kier molecular flexibility index (Phi) is 7.32. The minimum atomic E-state index is -0.0964. The van der Waals surface area contributed by atoms with Gasteiger partial charge in [0.25, 0.3) is 5.91 Å². The maximum atomic E-state index is 12.0. The molecule has 0 atom stereocenters. The third-order valence-electron chi connectivity index (χ3n) is 3.68. The van der Waals surface area contributed by atoms with Crippen molar-refractivity contribution in [3.63, 3.8) is 0 Å². The molecule has 1 aromatic heterocycles. The zero-order valence-electron chi connectivity index (χ0n) is 13.8. The van der Waals surface area contributed by atoms with Gasteiger partial charge in [0.05, 0.1) is 17.3 Å². The predicted octanol–water partition coefficient (Wildman–Crippen LogP) is 1.08. The molecule has 1 aliphatic rings. The van der Waals surface area contributed by atoms with Crippen LogP contribution in [-0.4, -0.2) is 59.9 Å². The van der Waals surface area contributed by atoms with Gasteiger partial charge in [-0.05, 0) is 33.7 Å². The van der Waals surface area contributed by atoms with Crippen LogP contribution >= 0.6 is 12.4 Å². The first-order valence-corrected chi connectivity index (χ1v) is 7.73. The van der Waals surface area contributed by atoms with Gasteiger partial charge in [-0.15, -0.1) is 12.4 Å². The third kappa shape index (κ3) is 5.59. The van der Waals surface area contributed by atoms with Crippen LogP contribution in [0.15, 0.2) is 12.4 Å². The second-order valence-electron chi connectivity index (χ2n) is 6.55. The Bertz CT molecular complexity index is 463. The van der Waals surface area contributed by atoms with E-state index in [2.05, 4.69) is 41.4 Å². The van der Waals surface area contributed by atoms with Crippen molar-refractivity contribution in [2.75, 3.05) is 39.3 Å². The highest BCUT2D eigenvalue weighted by atomic mass is 35.5. The minimum absolute atomic E-state index is 0. The summed E-state index contributed by atoms with van der Waals surface area (Å²) in [5, 5.41) is 10.6. The molecule has 0 aliphatic carbocycles. The average molecular weight is 330 g/mol. The van der Waals surface area contributed by atoms with Gasteiger partial charge in [-0.25, -0.2) is 0 Å². The van der Waals surface area contributed by atoms with Crippen LogP contribution in [0, 0.1) is 0 Å². The minimum Gasteiger partial charge on any atom is -0.352 e. The van der Waals surface area contributed by atoms with E-state index in [1.54, 1.807) is 6.20 Å². The van der Waals surface area contributed by atoms with Gasteiger partial charge in [0.15, 0.2) is 0 Å². The molecule has 0 unspecified atom stereocenters. The van der Waals surface area contributed by atoms with Crippen molar-refractivity contribution >= 4 is 18.3 Å². The summed E-state index contributed by atoms with van der Waals surface area (Å²) in [5.41, 5.74) is 0.535. The number of carbonyl (C=O) groups excluding carboxylic acids is 1. The van der Waals surface area contributed by atoms with Crippen LogP contribution in [0.1, 0.15) is 37.6 Å². The second kappa shape index (κ2) is 8.50. The number of amides is 1. The van der Waals surface area contributed by atoms with Crippen LogP contribution in [-0.2, 0) is 5.54 Å². The maximum Gasteiger partial charge on any atom is 0.254 e. The number of nitrogens with zero attached hydrogens (tertiary/aromatic N) is 3. The van der Waals surface area contributed by atoms with Gasteiger partial charge in [0.1, 0.15) is 0 Å². The summed E-state index contributed by atoms with van der Waals surface area (Å²) in [7, 11) is 0. The number of carbonyl (C=O) groups is 1. The summed E-state index contributed by atoms with van der Waals surface area (Å²) in [6.07, 6.45) is 4.43. The molecule has 1 amide bonds. The summed E-state index contributed by atoms with van der Waals surface area (Å²) < 4.78 is 1.82. The zero-order valence-corrected chi connectivity index (χ0v) is 14.6. The summed E-state index contributed by atoms with van der Waals surface area (Å²) in [4.78, 5) is 14.5. The highest BCUT2D eigenvalue weighted by Crippen LogP contribution is 2.13. The van der Waals surface area contributed by atoms with Crippen molar-refractivity contribution in [1.29, 1.82) is 0 Å². The van der Waals surface area contributed by atoms with E-state index in [4.69, 9.17) is 0 Å². The van der Waals surface area contributed by atoms with Crippen LogP contribution in [0.5, 0.6) is 0 Å². The molecular formula is C15H28ClN5O. The molecule has 1 fully saturated rings. The largest absolute Gasteiger partial charge is 0.352 e. The van der Waals surface area contributed by atoms with Crippen molar-refractivity contribution in [3.05, 3.63) is 18.0 Å². The summed E-state index contributed by atoms with van der Waals surface area (Å²) in [6, 6.07) is 0. The molecule has 6 nitrogen and oxygen atoms in total. The standard InChI is InChI=1S/C15H27N5O.ClH/c1-15(2,3)20-12-13(11-18-20)14(21)17-5-4-8-19-9-6-16-7-10-19;/h11-12,16H,4-10H2,1-3H3,(H,17,21);1H. The SMILES string of the molecule is CC(C)(C)n1cc(C(=O)NCCCN2CCNCC2)cn1.Cl. The highest BCUT2D eigenvalue weighted by molar-refractivity contribution is 5.93. The van der Waals surface area contributed by atoms with Gasteiger partial charge in [-0.2, -0.15) is 5.10 Å². The molecule has 0 aromatic carbocycles. The van der Waals surface area contributed by atoms with Gasteiger partial charge in [-0.3, -0.25) is 9.48 Å². The highest BCUT2D eigenvalue weighted by Gasteiger charge is 2.16. The Morgan fingerprint density at radius 1 is 1.36 bits per heavy atom. The van der Waals surface area contributed by atoms with Gasteiger partial charge >= 0.3 is 0 Å². The molecular weight excluding hydrogens is 302 g/mol. The van der Waals surface area contributed by atoms with Crippen LogP contribution in [0.2, 0.25) is 0 Å². The maximum absolute atomic E-state index is 12.0. The van der Waals surface area contributed by atoms with Gasteiger partial charge in [0, 0.05) is 38.9 Å². The van der Waals surface area contributed by atoms with Gasteiger partial charge < -0.3 is 15.5 Å². The molecule has 0 bridgehead atoms.